The smallest absolute Gasteiger partial charge is 0.338 e. The second-order valence-electron chi connectivity index (χ2n) is 13.3. The van der Waals surface area contributed by atoms with Crippen LogP contribution in [0.15, 0.2) is 60.7 Å². The van der Waals surface area contributed by atoms with Gasteiger partial charge in [0.1, 0.15) is 17.3 Å². The zero-order valence-electron chi connectivity index (χ0n) is 27.4. The summed E-state index contributed by atoms with van der Waals surface area (Å²) in [6.45, 7) is 9.89. The van der Waals surface area contributed by atoms with E-state index in [1.54, 1.807) is 69.3 Å². The van der Waals surface area contributed by atoms with E-state index in [-0.39, 0.29) is 17.5 Å². The van der Waals surface area contributed by atoms with E-state index in [1.165, 1.54) is 26.0 Å². The summed E-state index contributed by atoms with van der Waals surface area (Å²) in [4.78, 5) is 65.5. The second-order valence-corrected chi connectivity index (χ2v) is 13.3. The predicted octanol–water partition coefficient (Wildman–Crippen LogP) is 3.57. The highest BCUT2D eigenvalue weighted by molar-refractivity contribution is 5.90. The predicted molar refractivity (Wildman–Crippen MR) is 163 cm³/mol. The van der Waals surface area contributed by atoms with Crippen LogP contribution >= 0.6 is 0 Å². The summed E-state index contributed by atoms with van der Waals surface area (Å²) in [5, 5.41) is 12.7. The van der Waals surface area contributed by atoms with E-state index in [0.29, 0.717) is 0 Å². The number of esters is 5. The lowest BCUT2D eigenvalue weighted by Crippen LogP contribution is -2.84. The molecule has 3 aliphatic rings. The number of aliphatic hydroxyl groups is 1. The van der Waals surface area contributed by atoms with Crippen LogP contribution in [0.25, 0.3) is 0 Å². The monoisotopic (exact) mass is 652 g/mol. The first-order valence-electron chi connectivity index (χ1n) is 15.4. The molecule has 1 aliphatic heterocycles. The Morgan fingerprint density at radius 2 is 1.06 bits per heavy atom. The zero-order chi connectivity index (χ0) is 34.5. The van der Waals surface area contributed by atoms with Crippen molar-refractivity contribution in [1.82, 2.24) is 0 Å². The number of ether oxygens (including phenoxy) is 6. The first-order chi connectivity index (χ1) is 22.0. The van der Waals surface area contributed by atoms with Gasteiger partial charge in [-0.3, -0.25) is 14.4 Å². The van der Waals surface area contributed by atoms with E-state index >= 15 is 0 Å². The highest BCUT2D eigenvalue weighted by atomic mass is 16.6. The van der Waals surface area contributed by atoms with Crippen molar-refractivity contribution in [1.29, 1.82) is 0 Å². The van der Waals surface area contributed by atoms with Crippen LogP contribution in [-0.4, -0.2) is 82.3 Å². The molecule has 0 radical (unpaired) electrons. The summed E-state index contributed by atoms with van der Waals surface area (Å²) in [6, 6.07) is 16.1. The van der Waals surface area contributed by atoms with E-state index in [2.05, 4.69) is 0 Å². The van der Waals surface area contributed by atoms with Gasteiger partial charge in [-0.15, -0.1) is 0 Å². The molecule has 12 heteroatoms. The highest BCUT2D eigenvalue weighted by Gasteiger charge is 2.85. The lowest BCUT2D eigenvalue weighted by molar-refractivity contribution is -0.356. The standard InChI is InChI=1S/C35H40O12/c1-19(36)42-25-24-18-35(47-32(24,4)5)33(6,27(25)45-30(39)22-14-10-8-11-15-22)28(46-31(40)23-16-12-9-13-17-23)26(43-20(2)37)29(34(35,7)41)44-21(3)38/h8-17,24-29,41H,18H2,1-7H3/t24-,25-,26-,27-,28-,29-,33+,34-,35+/m0/s1. The quantitative estimate of drug-likeness (QED) is 0.343. The van der Waals surface area contributed by atoms with E-state index in [9.17, 15) is 29.1 Å². The van der Waals surface area contributed by atoms with E-state index in [1.807, 2.05) is 0 Å². The van der Waals surface area contributed by atoms with Crippen LogP contribution in [0, 0.1) is 11.3 Å². The first-order valence-corrected chi connectivity index (χ1v) is 15.4. The minimum atomic E-state index is -2.16. The fourth-order valence-corrected chi connectivity index (χ4v) is 7.95. The Morgan fingerprint density at radius 3 is 1.51 bits per heavy atom. The third-order valence-electron chi connectivity index (χ3n) is 9.94. The summed E-state index contributed by atoms with van der Waals surface area (Å²) < 4.78 is 36.7. The molecule has 1 N–H and O–H groups in total. The minimum absolute atomic E-state index is 0.00915. The van der Waals surface area contributed by atoms with Gasteiger partial charge in [0.15, 0.2) is 24.4 Å². The molecule has 2 aliphatic carbocycles. The molecule has 252 valence electrons. The van der Waals surface area contributed by atoms with Crippen LogP contribution in [0.5, 0.6) is 0 Å². The Hall–Kier alpha value is -4.29. The molecule has 0 unspecified atom stereocenters. The molecule has 2 aromatic rings. The van der Waals surface area contributed by atoms with Crippen LogP contribution in [0.3, 0.4) is 0 Å². The molecule has 5 rings (SSSR count). The maximum absolute atomic E-state index is 13.8. The van der Waals surface area contributed by atoms with E-state index < -0.39 is 88.5 Å². The molecule has 1 spiro atoms. The van der Waals surface area contributed by atoms with E-state index in [4.69, 9.17) is 28.4 Å². The van der Waals surface area contributed by atoms with Crippen molar-refractivity contribution in [2.24, 2.45) is 11.3 Å². The fraction of sp³-hybridized carbons (Fsp3) is 0.514. The number of hydrogen-bond acceptors (Lipinski definition) is 12. The van der Waals surface area contributed by atoms with Crippen molar-refractivity contribution in [3.8, 4) is 0 Å². The molecular formula is C35H40O12. The summed E-state index contributed by atoms with van der Waals surface area (Å²) >= 11 is 0. The third kappa shape index (κ3) is 5.57. The first kappa shape index (κ1) is 34.1. The lowest BCUT2D eigenvalue weighted by atomic mass is 9.46. The van der Waals surface area contributed by atoms with Gasteiger partial charge in [-0.2, -0.15) is 0 Å². The number of carbonyl (C=O) groups is 5. The SMILES string of the molecule is CC(=O)O[C@H]1[C@@H]2C[C@@]3(OC2(C)C)[C@](C)([C@H]1OC(=O)c1ccccc1)[C@@H](OC(=O)c1ccccc1)[C@H](OC(C)=O)[C@H](OC(C)=O)[C@]3(C)O. The van der Waals surface area contributed by atoms with Crippen LogP contribution in [0.1, 0.15) is 75.6 Å². The Balaban J connectivity index is 1.80. The van der Waals surface area contributed by atoms with Crippen molar-refractivity contribution in [2.45, 2.75) is 102 Å². The van der Waals surface area contributed by atoms with Gasteiger partial charge >= 0.3 is 29.8 Å². The third-order valence-corrected chi connectivity index (χ3v) is 9.94. The van der Waals surface area contributed by atoms with Gasteiger partial charge in [-0.25, -0.2) is 9.59 Å². The zero-order valence-corrected chi connectivity index (χ0v) is 27.4. The Morgan fingerprint density at radius 1 is 0.638 bits per heavy atom. The Labute approximate surface area is 272 Å². The van der Waals surface area contributed by atoms with Gasteiger partial charge in [0.25, 0.3) is 0 Å². The Bertz CT molecular complexity index is 1550. The molecule has 1 heterocycles. The average molecular weight is 653 g/mol. The molecule has 3 fully saturated rings. The Kier molecular flexibility index (Phi) is 8.74. The summed E-state index contributed by atoms with van der Waals surface area (Å²) in [6.07, 6.45) is -7.47. The molecule has 0 amide bonds. The van der Waals surface area contributed by atoms with Crippen molar-refractivity contribution in [2.75, 3.05) is 0 Å². The van der Waals surface area contributed by atoms with Crippen molar-refractivity contribution < 1.29 is 57.5 Å². The summed E-state index contributed by atoms with van der Waals surface area (Å²) in [5.41, 5.74) is -6.59. The molecule has 9 atom stereocenters. The van der Waals surface area contributed by atoms with Crippen LogP contribution in [0.4, 0.5) is 0 Å². The number of hydrogen-bond donors (Lipinski definition) is 1. The van der Waals surface area contributed by atoms with Crippen LogP contribution in [-0.2, 0) is 42.8 Å². The van der Waals surface area contributed by atoms with Crippen molar-refractivity contribution in [3.05, 3.63) is 71.8 Å². The second kappa shape index (κ2) is 12.1. The van der Waals surface area contributed by atoms with Gasteiger partial charge in [0, 0.05) is 26.7 Å². The molecule has 1 saturated heterocycles. The largest absolute Gasteiger partial charge is 0.458 e. The normalized spacial score (nSPS) is 35.1. The lowest BCUT2D eigenvalue weighted by Gasteiger charge is -2.66. The average Bonchev–Trinajstić information content (AvgIpc) is 3.28. The van der Waals surface area contributed by atoms with E-state index in [0.717, 1.165) is 13.8 Å². The van der Waals surface area contributed by atoms with Crippen LogP contribution < -0.4 is 0 Å². The molecule has 2 bridgehead atoms. The van der Waals surface area contributed by atoms with Crippen molar-refractivity contribution >= 4 is 29.8 Å². The highest BCUT2D eigenvalue weighted by Crippen LogP contribution is 2.69. The van der Waals surface area contributed by atoms with Gasteiger partial charge in [0.05, 0.1) is 22.1 Å². The van der Waals surface area contributed by atoms with Gasteiger partial charge in [-0.05, 0) is 58.4 Å². The number of rotatable bonds is 7. The molecule has 2 saturated carbocycles. The summed E-state index contributed by atoms with van der Waals surface area (Å²) in [7, 11) is 0. The molecule has 2 aromatic carbocycles. The van der Waals surface area contributed by atoms with Gasteiger partial charge < -0.3 is 33.5 Å². The number of carbonyl (C=O) groups excluding carboxylic acids is 5. The number of benzene rings is 2. The minimum Gasteiger partial charge on any atom is -0.458 e. The van der Waals surface area contributed by atoms with Gasteiger partial charge in [0.2, 0.25) is 0 Å². The number of fused-ring (bicyclic) bond motifs is 1. The van der Waals surface area contributed by atoms with Gasteiger partial charge in [-0.1, -0.05) is 36.4 Å². The van der Waals surface area contributed by atoms with Crippen LogP contribution in [0.2, 0.25) is 0 Å². The molecule has 47 heavy (non-hydrogen) atoms. The van der Waals surface area contributed by atoms with Crippen molar-refractivity contribution in [3.63, 3.8) is 0 Å². The summed E-state index contributed by atoms with van der Waals surface area (Å²) in [5.74, 6) is -4.63. The molecule has 12 nitrogen and oxygen atoms in total. The fourth-order valence-electron chi connectivity index (χ4n) is 7.95. The topological polar surface area (TPSA) is 161 Å². The molecule has 0 aromatic heterocycles. The molecular weight excluding hydrogens is 612 g/mol. The maximum Gasteiger partial charge on any atom is 0.338 e. The maximum atomic E-state index is 13.8.